The first-order chi connectivity index (χ1) is 13.0. The number of hydrogen-bond donors (Lipinski definition) is 1. The predicted molar refractivity (Wildman–Crippen MR) is 111 cm³/mol. The molecule has 144 valence electrons. The Bertz CT molecular complexity index is 759. The Hall–Kier alpha value is -2.29. The summed E-state index contributed by atoms with van der Waals surface area (Å²) in [5.41, 5.74) is 4.29. The van der Waals surface area contributed by atoms with Gasteiger partial charge >= 0.3 is 0 Å². The SMILES string of the molecule is C=C(/C=C\C(=C/C)OCC1CCC1)CC(=O)NC1=C(C)C=C[C@@H]2C=C(C)C12. The zero-order valence-corrected chi connectivity index (χ0v) is 16.8. The largest absolute Gasteiger partial charge is 0.494 e. The Kier molecular flexibility index (Phi) is 6.20. The monoisotopic (exact) mass is 365 g/mol. The van der Waals surface area contributed by atoms with Gasteiger partial charge in [-0.3, -0.25) is 4.79 Å². The van der Waals surface area contributed by atoms with Gasteiger partial charge in [-0.15, -0.1) is 0 Å². The molecule has 3 nitrogen and oxygen atoms in total. The zero-order valence-electron chi connectivity index (χ0n) is 16.8. The van der Waals surface area contributed by atoms with Gasteiger partial charge in [0.05, 0.1) is 13.0 Å². The second-order valence-electron chi connectivity index (χ2n) is 7.94. The lowest BCUT2D eigenvalue weighted by Gasteiger charge is -2.38. The molecule has 0 aliphatic heterocycles. The highest BCUT2D eigenvalue weighted by Gasteiger charge is 2.34. The van der Waals surface area contributed by atoms with Gasteiger partial charge in [0.15, 0.2) is 0 Å². The minimum absolute atomic E-state index is 0.00911. The summed E-state index contributed by atoms with van der Waals surface area (Å²) in [6, 6.07) is 0. The molecule has 1 unspecified atom stereocenters. The van der Waals surface area contributed by atoms with Gasteiger partial charge in [-0.25, -0.2) is 0 Å². The lowest BCUT2D eigenvalue weighted by molar-refractivity contribution is -0.119. The summed E-state index contributed by atoms with van der Waals surface area (Å²) in [6.07, 6.45) is 16.5. The van der Waals surface area contributed by atoms with E-state index >= 15 is 0 Å². The Labute approximate surface area is 163 Å². The van der Waals surface area contributed by atoms with Crippen molar-refractivity contribution in [1.29, 1.82) is 0 Å². The first-order valence-electron chi connectivity index (χ1n) is 10.00. The van der Waals surface area contributed by atoms with E-state index in [-0.39, 0.29) is 12.3 Å². The molecule has 1 saturated carbocycles. The van der Waals surface area contributed by atoms with Crippen molar-refractivity contribution < 1.29 is 9.53 Å². The average molecular weight is 366 g/mol. The quantitative estimate of drug-likeness (QED) is 0.357. The van der Waals surface area contributed by atoms with Gasteiger partial charge in [0.25, 0.3) is 0 Å². The van der Waals surface area contributed by atoms with E-state index in [0.717, 1.165) is 29.2 Å². The van der Waals surface area contributed by atoms with E-state index in [4.69, 9.17) is 4.74 Å². The first kappa shape index (κ1) is 19.5. The highest BCUT2D eigenvalue weighted by Crippen LogP contribution is 2.42. The number of amides is 1. The third kappa shape index (κ3) is 4.71. The molecule has 0 spiro atoms. The summed E-state index contributed by atoms with van der Waals surface area (Å²) in [5, 5.41) is 3.13. The van der Waals surface area contributed by atoms with Crippen LogP contribution in [0, 0.1) is 17.8 Å². The molecule has 1 fully saturated rings. The Balaban J connectivity index is 1.49. The maximum atomic E-state index is 12.5. The van der Waals surface area contributed by atoms with Crippen LogP contribution < -0.4 is 5.32 Å². The van der Waals surface area contributed by atoms with E-state index in [9.17, 15) is 4.79 Å². The molecule has 0 aromatic rings. The van der Waals surface area contributed by atoms with Crippen molar-refractivity contribution in [3.8, 4) is 0 Å². The highest BCUT2D eigenvalue weighted by atomic mass is 16.5. The molecule has 2 atom stereocenters. The smallest absolute Gasteiger partial charge is 0.228 e. The fraction of sp³-hybridized carbons (Fsp3) is 0.458. The van der Waals surface area contributed by atoms with E-state index in [2.05, 4.69) is 44.0 Å². The van der Waals surface area contributed by atoms with Crippen molar-refractivity contribution in [2.75, 3.05) is 6.61 Å². The first-order valence-corrected chi connectivity index (χ1v) is 10.00. The van der Waals surface area contributed by atoms with Gasteiger partial charge in [-0.05, 0) is 62.8 Å². The molecular weight excluding hydrogens is 334 g/mol. The number of allylic oxidation sites excluding steroid dienone is 8. The third-order valence-corrected chi connectivity index (χ3v) is 5.78. The molecule has 0 saturated heterocycles. The number of carbonyl (C=O) groups excluding carboxylic acids is 1. The van der Waals surface area contributed by atoms with Crippen LogP contribution >= 0.6 is 0 Å². The summed E-state index contributed by atoms with van der Waals surface area (Å²) in [5.74, 6) is 2.30. The van der Waals surface area contributed by atoms with Crippen LogP contribution in [0.25, 0.3) is 0 Å². The normalized spacial score (nSPS) is 24.9. The van der Waals surface area contributed by atoms with Crippen LogP contribution in [0.1, 0.15) is 46.5 Å². The van der Waals surface area contributed by atoms with Gasteiger partial charge < -0.3 is 10.1 Å². The summed E-state index contributed by atoms with van der Waals surface area (Å²) < 4.78 is 5.84. The van der Waals surface area contributed by atoms with Crippen LogP contribution in [-0.2, 0) is 9.53 Å². The van der Waals surface area contributed by atoms with Crippen molar-refractivity contribution in [3.05, 3.63) is 71.2 Å². The molecule has 0 radical (unpaired) electrons. The van der Waals surface area contributed by atoms with Crippen LogP contribution in [-0.4, -0.2) is 12.5 Å². The third-order valence-electron chi connectivity index (χ3n) is 5.78. The van der Waals surface area contributed by atoms with Crippen LogP contribution in [0.5, 0.6) is 0 Å². The van der Waals surface area contributed by atoms with Gasteiger partial charge in [0.2, 0.25) is 5.91 Å². The maximum absolute atomic E-state index is 12.5. The standard InChI is InChI=1S/C24H31NO2/c1-5-21(27-15-19-7-6-8-19)12-9-16(2)13-22(26)25-24-17(3)10-11-20-14-18(4)23(20)24/h5,9-12,14,19-20,23H,2,6-8,13,15H2,1,3-4H3,(H,25,26)/b12-9-,21-5+/t20-,23?/m1/s1. The number of fused-ring (bicyclic) bond motifs is 1. The molecule has 0 bridgehead atoms. The molecule has 1 N–H and O–H groups in total. The lowest BCUT2D eigenvalue weighted by atomic mass is 9.70. The van der Waals surface area contributed by atoms with Crippen molar-refractivity contribution >= 4 is 5.91 Å². The second kappa shape index (κ2) is 8.60. The van der Waals surface area contributed by atoms with Gasteiger partial charge in [-0.1, -0.05) is 42.9 Å². The second-order valence-corrected chi connectivity index (χ2v) is 7.94. The Morgan fingerprint density at radius 3 is 2.74 bits per heavy atom. The molecule has 3 aliphatic carbocycles. The maximum Gasteiger partial charge on any atom is 0.228 e. The molecule has 0 heterocycles. The van der Waals surface area contributed by atoms with E-state index < -0.39 is 0 Å². The van der Waals surface area contributed by atoms with Crippen molar-refractivity contribution in [2.24, 2.45) is 17.8 Å². The van der Waals surface area contributed by atoms with Crippen LogP contribution in [0.4, 0.5) is 0 Å². The van der Waals surface area contributed by atoms with Crippen molar-refractivity contribution in [2.45, 2.75) is 46.5 Å². The number of ether oxygens (including phenoxy) is 1. The van der Waals surface area contributed by atoms with E-state index in [1.54, 1.807) is 0 Å². The molecule has 3 rings (SSSR count). The van der Waals surface area contributed by atoms with Crippen molar-refractivity contribution in [3.63, 3.8) is 0 Å². The minimum atomic E-state index is -0.00911. The molecule has 1 amide bonds. The Morgan fingerprint density at radius 1 is 1.33 bits per heavy atom. The average Bonchev–Trinajstić information content (AvgIpc) is 2.57. The van der Waals surface area contributed by atoms with Crippen LogP contribution in [0.2, 0.25) is 0 Å². The van der Waals surface area contributed by atoms with Gasteiger partial charge in [-0.2, -0.15) is 0 Å². The summed E-state index contributed by atoms with van der Waals surface area (Å²) in [6.45, 7) is 11.0. The predicted octanol–water partition coefficient (Wildman–Crippen LogP) is 5.36. The molecule has 27 heavy (non-hydrogen) atoms. The van der Waals surface area contributed by atoms with E-state index in [1.165, 1.54) is 24.8 Å². The molecule has 3 aliphatic rings. The number of carbonyl (C=O) groups is 1. The highest BCUT2D eigenvalue weighted by molar-refractivity contribution is 5.81. The number of nitrogens with one attached hydrogen (secondary N) is 1. The van der Waals surface area contributed by atoms with Crippen molar-refractivity contribution in [1.82, 2.24) is 5.32 Å². The fourth-order valence-corrected chi connectivity index (χ4v) is 3.80. The minimum Gasteiger partial charge on any atom is -0.494 e. The molecule has 0 aromatic carbocycles. The zero-order chi connectivity index (χ0) is 19.4. The van der Waals surface area contributed by atoms with Gasteiger partial charge in [0, 0.05) is 17.5 Å². The summed E-state index contributed by atoms with van der Waals surface area (Å²) in [7, 11) is 0. The molecule has 3 heteroatoms. The van der Waals surface area contributed by atoms with E-state index in [0.29, 0.717) is 17.8 Å². The number of hydrogen-bond acceptors (Lipinski definition) is 2. The molecule has 0 aromatic heterocycles. The summed E-state index contributed by atoms with van der Waals surface area (Å²) in [4.78, 5) is 12.5. The number of rotatable bonds is 8. The summed E-state index contributed by atoms with van der Waals surface area (Å²) >= 11 is 0. The fourth-order valence-electron chi connectivity index (χ4n) is 3.80. The molecular formula is C24H31NO2. The van der Waals surface area contributed by atoms with Crippen LogP contribution in [0.3, 0.4) is 0 Å². The lowest BCUT2D eigenvalue weighted by Crippen LogP contribution is -2.36. The topological polar surface area (TPSA) is 38.3 Å². The van der Waals surface area contributed by atoms with E-state index in [1.807, 2.05) is 25.2 Å². The van der Waals surface area contributed by atoms with Gasteiger partial charge in [0.1, 0.15) is 5.76 Å². The van der Waals surface area contributed by atoms with Crippen LogP contribution in [0.15, 0.2) is 71.2 Å². The Morgan fingerprint density at radius 2 is 2.11 bits per heavy atom.